The van der Waals surface area contributed by atoms with E-state index in [-0.39, 0.29) is 11.1 Å². The average Bonchev–Trinajstić information content (AvgIpc) is 2.98. The van der Waals surface area contributed by atoms with Gasteiger partial charge in [-0.1, -0.05) is 48.5 Å². The Hall–Kier alpha value is -5.38. The number of rotatable bonds is 10. The van der Waals surface area contributed by atoms with E-state index in [1.165, 1.54) is 50.6 Å². The number of carbonyl (C=O) groups excluding carboxylic acids is 3. The number of carboxylic acids is 1. The quantitative estimate of drug-likeness (QED) is 0.280. The molecular formula is C30H25NO9. The summed E-state index contributed by atoms with van der Waals surface area (Å²) in [5.74, 6) is -4.14. The fraction of sp³-hybridized carbons (Fsp3) is 0.133. The number of amides is 1. The van der Waals surface area contributed by atoms with Crippen molar-refractivity contribution < 1.29 is 43.2 Å². The number of carbonyl (C=O) groups is 4. The highest BCUT2D eigenvalue weighted by Crippen LogP contribution is 2.25. The van der Waals surface area contributed by atoms with Crippen molar-refractivity contribution in [2.24, 2.45) is 0 Å². The summed E-state index contributed by atoms with van der Waals surface area (Å²) in [6.45, 7) is 0. The molecule has 0 aliphatic rings. The Morgan fingerprint density at radius 2 is 1.20 bits per heavy atom. The van der Waals surface area contributed by atoms with E-state index in [0.29, 0.717) is 22.6 Å². The first-order valence-corrected chi connectivity index (χ1v) is 12.0. The number of esters is 2. The van der Waals surface area contributed by atoms with Crippen molar-refractivity contribution in [3.05, 3.63) is 102 Å². The molecule has 204 valence electrons. The third kappa shape index (κ3) is 6.36. The molecule has 0 spiro atoms. The van der Waals surface area contributed by atoms with Gasteiger partial charge in [0, 0.05) is 11.1 Å². The van der Waals surface area contributed by atoms with Gasteiger partial charge in [0.2, 0.25) is 12.2 Å². The van der Waals surface area contributed by atoms with E-state index in [2.05, 4.69) is 5.32 Å². The lowest BCUT2D eigenvalue weighted by Crippen LogP contribution is -2.48. The Labute approximate surface area is 229 Å². The van der Waals surface area contributed by atoms with Crippen LogP contribution in [0.1, 0.15) is 20.7 Å². The summed E-state index contributed by atoms with van der Waals surface area (Å²) in [5.41, 5.74) is 0.303. The van der Waals surface area contributed by atoms with Crippen LogP contribution >= 0.6 is 0 Å². The molecule has 0 fully saturated rings. The maximum absolute atomic E-state index is 13.5. The second-order valence-electron chi connectivity index (χ2n) is 8.47. The molecule has 4 aromatic rings. The number of benzene rings is 4. The lowest BCUT2D eigenvalue weighted by Gasteiger charge is -2.24. The zero-order chi connectivity index (χ0) is 28.6. The summed E-state index contributed by atoms with van der Waals surface area (Å²) < 4.78 is 20.8. The molecule has 0 unspecified atom stereocenters. The Morgan fingerprint density at radius 3 is 1.77 bits per heavy atom. The predicted octanol–water partition coefficient (Wildman–Crippen LogP) is 4.33. The van der Waals surface area contributed by atoms with Crippen LogP contribution in [0.4, 0.5) is 5.69 Å². The van der Waals surface area contributed by atoms with Gasteiger partial charge in [0.15, 0.2) is 0 Å². The topological polar surface area (TPSA) is 137 Å². The van der Waals surface area contributed by atoms with Crippen LogP contribution in [0.15, 0.2) is 91.0 Å². The standard InChI is InChI=1S/C30H25NO9/c1-37-21-12-5-10-19(16-21)29(35)39-25(27(32)31-24-15-7-9-18-8-3-4-14-23(18)24)26(28(33)34)40-30(36)20-11-6-13-22(17-20)38-2/h3-17,25-26H,1-2H3,(H,31,32)(H,33,34)/t25-,26-/m0/s1. The molecule has 0 aromatic heterocycles. The number of nitrogens with one attached hydrogen (secondary N) is 1. The van der Waals surface area contributed by atoms with Crippen LogP contribution in [-0.4, -0.2) is 55.3 Å². The molecule has 0 saturated heterocycles. The van der Waals surface area contributed by atoms with Gasteiger partial charge in [0.05, 0.1) is 25.3 Å². The highest BCUT2D eigenvalue weighted by molar-refractivity contribution is 6.06. The van der Waals surface area contributed by atoms with E-state index >= 15 is 0 Å². The number of ether oxygens (including phenoxy) is 4. The number of methoxy groups -OCH3 is 2. The number of hydrogen-bond donors (Lipinski definition) is 2. The molecule has 0 saturated carbocycles. The molecule has 1 amide bonds. The van der Waals surface area contributed by atoms with Crippen molar-refractivity contribution in [1.29, 1.82) is 0 Å². The minimum absolute atomic E-state index is 0.00873. The van der Waals surface area contributed by atoms with Crippen molar-refractivity contribution in [1.82, 2.24) is 0 Å². The van der Waals surface area contributed by atoms with E-state index in [1.807, 2.05) is 18.2 Å². The number of aliphatic carboxylic acids is 1. The first-order valence-electron chi connectivity index (χ1n) is 12.0. The summed E-state index contributed by atoms with van der Waals surface area (Å²) in [6.07, 6.45) is -4.26. The van der Waals surface area contributed by atoms with Gasteiger partial charge < -0.3 is 29.4 Å². The van der Waals surface area contributed by atoms with Gasteiger partial charge in [-0.05, 0) is 47.9 Å². The lowest BCUT2D eigenvalue weighted by atomic mass is 10.1. The van der Waals surface area contributed by atoms with Crippen molar-refractivity contribution in [2.75, 3.05) is 19.5 Å². The highest BCUT2D eigenvalue weighted by Gasteiger charge is 2.41. The maximum Gasteiger partial charge on any atom is 0.349 e. The average molecular weight is 544 g/mol. The van der Waals surface area contributed by atoms with E-state index in [9.17, 15) is 24.3 Å². The lowest BCUT2D eigenvalue weighted by molar-refractivity contribution is -0.157. The van der Waals surface area contributed by atoms with Crippen molar-refractivity contribution in [3.8, 4) is 11.5 Å². The molecule has 4 rings (SSSR count). The first-order chi connectivity index (χ1) is 19.3. The summed E-state index contributed by atoms with van der Waals surface area (Å²) in [6, 6.07) is 24.1. The van der Waals surface area contributed by atoms with Gasteiger partial charge in [-0.3, -0.25) is 4.79 Å². The van der Waals surface area contributed by atoms with Crippen LogP contribution in [-0.2, 0) is 19.1 Å². The largest absolute Gasteiger partial charge is 0.497 e. The zero-order valence-corrected chi connectivity index (χ0v) is 21.5. The summed E-state index contributed by atoms with van der Waals surface area (Å²) in [7, 11) is 2.81. The van der Waals surface area contributed by atoms with Gasteiger partial charge in [-0.15, -0.1) is 0 Å². The van der Waals surface area contributed by atoms with Crippen LogP contribution in [0.3, 0.4) is 0 Å². The van der Waals surface area contributed by atoms with E-state index in [0.717, 1.165) is 5.39 Å². The fourth-order valence-electron chi connectivity index (χ4n) is 3.90. The molecule has 0 bridgehead atoms. The minimum atomic E-state index is -2.19. The fourth-order valence-corrected chi connectivity index (χ4v) is 3.90. The van der Waals surface area contributed by atoms with Gasteiger partial charge in [0.1, 0.15) is 11.5 Å². The van der Waals surface area contributed by atoms with E-state index in [1.54, 1.807) is 36.4 Å². The maximum atomic E-state index is 13.5. The Balaban J connectivity index is 1.68. The zero-order valence-electron chi connectivity index (χ0n) is 21.5. The van der Waals surface area contributed by atoms with Gasteiger partial charge >= 0.3 is 17.9 Å². The number of fused-ring (bicyclic) bond motifs is 1. The number of carboxylic acid groups (broad SMARTS) is 1. The molecule has 0 radical (unpaired) electrons. The molecule has 40 heavy (non-hydrogen) atoms. The molecular weight excluding hydrogens is 518 g/mol. The summed E-state index contributed by atoms with van der Waals surface area (Å²) >= 11 is 0. The predicted molar refractivity (Wildman–Crippen MR) is 145 cm³/mol. The second kappa shape index (κ2) is 12.4. The molecule has 0 aliphatic carbocycles. The van der Waals surface area contributed by atoms with E-state index in [4.69, 9.17) is 18.9 Å². The second-order valence-corrected chi connectivity index (χ2v) is 8.47. The molecule has 2 N–H and O–H groups in total. The third-order valence-electron chi connectivity index (χ3n) is 5.90. The highest BCUT2D eigenvalue weighted by atomic mass is 16.6. The van der Waals surface area contributed by atoms with Crippen LogP contribution in [0.5, 0.6) is 11.5 Å². The summed E-state index contributed by atoms with van der Waals surface area (Å²) in [4.78, 5) is 51.8. The van der Waals surface area contributed by atoms with Crippen LogP contribution < -0.4 is 14.8 Å². The van der Waals surface area contributed by atoms with Crippen LogP contribution in [0.2, 0.25) is 0 Å². The smallest absolute Gasteiger partial charge is 0.349 e. The van der Waals surface area contributed by atoms with Crippen molar-refractivity contribution >= 4 is 40.3 Å². The summed E-state index contributed by atoms with van der Waals surface area (Å²) in [5, 5.41) is 14.1. The number of anilines is 1. The Morgan fingerprint density at radius 1 is 0.675 bits per heavy atom. The SMILES string of the molecule is COc1cccc(C(=O)O[C@H](C(=O)O)[C@H](OC(=O)c2cccc(OC)c2)C(=O)Nc2cccc3ccccc23)c1. The van der Waals surface area contributed by atoms with E-state index < -0.39 is 36.0 Å². The van der Waals surface area contributed by atoms with Crippen LogP contribution in [0, 0.1) is 0 Å². The molecule has 2 atom stereocenters. The third-order valence-corrected chi connectivity index (χ3v) is 5.90. The first kappa shape index (κ1) is 27.6. The monoisotopic (exact) mass is 543 g/mol. The molecule has 10 nitrogen and oxygen atoms in total. The van der Waals surface area contributed by atoms with Gasteiger partial charge in [-0.25, -0.2) is 14.4 Å². The van der Waals surface area contributed by atoms with Crippen LogP contribution in [0.25, 0.3) is 10.8 Å². The molecule has 4 aromatic carbocycles. The van der Waals surface area contributed by atoms with Crippen molar-refractivity contribution in [3.63, 3.8) is 0 Å². The Bertz CT molecular complexity index is 1560. The van der Waals surface area contributed by atoms with Gasteiger partial charge in [-0.2, -0.15) is 0 Å². The molecule has 10 heteroatoms. The normalized spacial score (nSPS) is 12.1. The molecule has 0 aliphatic heterocycles. The van der Waals surface area contributed by atoms with Crippen molar-refractivity contribution in [2.45, 2.75) is 12.2 Å². The number of hydrogen-bond acceptors (Lipinski definition) is 8. The van der Waals surface area contributed by atoms with Gasteiger partial charge in [0.25, 0.3) is 5.91 Å². The molecule has 0 heterocycles. The Kier molecular flexibility index (Phi) is 8.60. The minimum Gasteiger partial charge on any atom is -0.497 e.